The molecule has 1 heterocycles. The van der Waals surface area contributed by atoms with Crippen LogP contribution in [0.1, 0.15) is 38.1 Å². The molecule has 0 amide bonds. The summed E-state index contributed by atoms with van der Waals surface area (Å²) in [5.74, 6) is 3.10. The lowest BCUT2D eigenvalue weighted by molar-refractivity contribution is 0.415. The first kappa shape index (κ1) is 12.8. The van der Waals surface area contributed by atoms with Crippen molar-refractivity contribution in [1.29, 1.82) is 0 Å². The minimum atomic E-state index is 0.460. The van der Waals surface area contributed by atoms with Crippen LogP contribution in [-0.2, 0) is 5.88 Å². The molecule has 0 N–H and O–H groups in total. The van der Waals surface area contributed by atoms with E-state index >= 15 is 0 Å². The number of nitrogens with zero attached hydrogens (tertiary/aromatic N) is 2. The molecule has 2 atom stereocenters. The Labute approximate surface area is 118 Å². The van der Waals surface area contributed by atoms with Gasteiger partial charge in [-0.1, -0.05) is 6.92 Å². The van der Waals surface area contributed by atoms with Gasteiger partial charge >= 0.3 is 0 Å². The number of methoxy groups -OCH3 is 1. The summed E-state index contributed by atoms with van der Waals surface area (Å²) < 4.78 is 7.66. The van der Waals surface area contributed by atoms with Gasteiger partial charge in [-0.25, -0.2) is 4.98 Å². The predicted octanol–water partition coefficient (Wildman–Crippen LogP) is 4.14. The average molecular weight is 279 g/mol. The van der Waals surface area contributed by atoms with Crippen molar-refractivity contribution >= 4 is 22.6 Å². The van der Waals surface area contributed by atoms with Gasteiger partial charge in [-0.15, -0.1) is 11.6 Å². The number of aromatic nitrogens is 2. The smallest absolute Gasteiger partial charge is 0.125 e. The highest BCUT2D eigenvalue weighted by Crippen LogP contribution is 2.38. The summed E-state index contributed by atoms with van der Waals surface area (Å²) in [7, 11) is 1.70. The molecule has 0 saturated heterocycles. The van der Waals surface area contributed by atoms with Gasteiger partial charge in [0.25, 0.3) is 0 Å². The minimum absolute atomic E-state index is 0.460. The second kappa shape index (κ2) is 5.04. The maximum absolute atomic E-state index is 6.08. The number of rotatable bonds is 3. The van der Waals surface area contributed by atoms with Gasteiger partial charge in [0.15, 0.2) is 0 Å². The van der Waals surface area contributed by atoms with Gasteiger partial charge in [-0.05, 0) is 37.3 Å². The van der Waals surface area contributed by atoms with Crippen molar-refractivity contribution in [2.75, 3.05) is 7.11 Å². The van der Waals surface area contributed by atoms with Crippen LogP contribution in [0.25, 0.3) is 11.0 Å². The van der Waals surface area contributed by atoms with Gasteiger partial charge in [0.05, 0.1) is 24.0 Å². The van der Waals surface area contributed by atoms with Gasteiger partial charge in [-0.2, -0.15) is 0 Å². The Kier molecular flexibility index (Phi) is 3.40. The molecule has 2 aromatic rings. The summed E-state index contributed by atoms with van der Waals surface area (Å²) in [4.78, 5) is 4.65. The first-order valence-electron chi connectivity index (χ1n) is 6.83. The highest BCUT2D eigenvalue weighted by molar-refractivity contribution is 6.16. The zero-order valence-corrected chi connectivity index (χ0v) is 12.2. The fraction of sp³-hybridized carbons (Fsp3) is 0.533. The lowest BCUT2D eigenvalue weighted by atomic mass is 10.1. The summed E-state index contributed by atoms with van der Waals surface area (Å²) in [5, 5.41) is 0. The van der Waals surface area contributed by atoms with E-state index in [1.165, 1.54) is 19.3 Å². The number of imidazole rings is 1. The molecular weight excluding hydrogens is 260 g/mol. The van der Waals surface area contributed by atoms with Crippen LogP contribution < -0.4 is 4.74 Å². The van der Waals surface area contributed by atoms with E-state index < -0.39 is 0 Å². The second-order valence-electron chi connectivity index (χ2n) is 5.46. The lowest BCUT2D eigenvalue weighted by Crippen LogP contribution is -2.08. The van der Waals surface area contributed by atoms with Crippen LogP contribution in [0.5, 0.6) is 5.75 Å². The normalized spacial score (nSPS) is 23.1. The van der Waals surface area contributed by atoms with Crippen LogP contribution in [0, 0.1) is 5.92 Å². The summed E-state index contributed by atoms with van der Waals surface area (Å²) in [6.45, 7) is 2.32. The summed E-state index contributed by atoms with van der Waals surface area (Å²) in [5.41, 5.74) is 2.16. The molecule has 1 aliphatic carbocycles. The largest absolute Gasteiger partial charge is 0.497 e. The predicted molar refractivity (Wildman–Crippen MR) is 77.9 cm³/mol. The SMILES string of the molecule is COc1ccc2nc(CCl)n(C3CCC(C)C3)c2c1. The molecule has 1 aliphatic rings. The van der Waals surface area contributed by atoms with Crippen LogP contribution in [0.4, 0.5) is 0 Å². The van der Waals surface area contributed by atoms with E-state index in [9.17, 15) is 0 Å². The average Bonchev–Trinajstić information content (AvgIpc) is 3.00. The molecule has 1 saturated carbocycles. The Morgan fingerprint density at radius 3 is 2.89 bits per heavy atom. The van der Waals surface area contributed by atoms with Crippen molar-refractivity contribution in [1.82, 2.24) is 9.55 Å². The van der Waals surface area contributed by atoms with E-state index in [2.05, 4.69) is 22.5 Å². The summed E-state index contributed by atoms with van der Waals surface area (Å²) in [6, 6.07) is 6.57. The Morgan fingerprint density at radius 2 is 2.26 bits per heavy atom. The molecule has 1 aromatic carbocycles. The maximum Gasteiger partial charge on any atom is 0.125 e. The third kappa shape index (κ3) is 2.20. The van der Waals surface area contributed by atoms with E-state index in [4.69, 9.17) is 16.3 Å². The molecule has 3 nitrogen and oxygen atoms in total. The van der Waals surface area contributed by atoms with Gasteiger partial charge in [0.2, 0.25) is 0 Å². The van der Waals surface area contributed by atoms with E-state index in [0.29, 0.717) is 11.9 Å². The van der Waals surface area contributed by atoms with Gasteiger partial charge in [0.1, 0.15) is 11.6 Å². The Balaban J connectivity index is 2.13. The van der Waals surface area contributed by atoms with Gasteiger partial charge < -0.3 is 9.30 Å². The van der Waals surface area contributed by atoms with Crippen molar-refractivity contribution in [3.05, 3.63) is 24.0 Å². The van der Waals surface area contributed by atoms with Crippen LogP contribution >= 0.6 is 11.6 Å². The topological polar surface area (TPSA) is 27.1 Å². The number of hydrogen-bond acceptors (Lipinski definition) is 2. The van der Waals surface area contributed by atoms with E-state index in [0.717, 1.165) is 28.5 Å². The van der Waals surface area contributed by atoms with E-state index in [1.54, 1.807) is 7.11 Å². The standard InChI is InChI=1S/C15H19ClN2O/c1-10-3-4-11(7-10)18-14-8-12(19-2)5-6-13(14)17-15(18)9-16/h5-6,8,10-11H,3-4,7,9H2,1-2H3. The first-order valence-corrected chi connectivity index (χ1v) is 7.37. The summed E-state index contributed by atoms with van der Waals surface area (Å²) >= 11 is 6.08. The third-order valence-corrected chi connectivity index (χ3v) is 4.36. The maximum atomic E-state index is 6.08. The molecule has 0 bridgehead atoms. The van der Waals surface area contributed by atoms with Gasteiger partial charge in [0, 0.05) is 12.1 Å². The van der Waals surface area contributed by atoms with E-state index in [-0.39, 0.29) is 0 Å². The van der Waals surface area contributed by atoms with Crippen LogP contribution in [0.2, 0.25) is 0 Å². The number of benzene rings is 1. The molecule has 3 rings (SSSR count). The number of hydrogen-bond donors (Lipinski definition) is 0. The number of halogens is 1. The Bertz CT molecular complexity index is 593. The van der Waals surface area contributed by atoms with Crippen LogP contribution in [-0.4, -0.2) is 16.7 Å². The fourth-order valence-electron chi connectivity index (χ4n) is 3.16. The number of ether oxygens (including phenoxy) is 1. The number of alkyl halides is 1. The van der Waals surface area contributed by atoms with Crippen molar-refractivity contribution in [3.63, 3.8) is 0 Å². The molecule has 4 heteroatoms. The molecule has 0 spiro atoms. The highest BCUT2D eigenvalue weighted by Gasteiger charge is 2.26. The molecule has 102 valence electrons. The molecule has 19 heavy (non-hydrogen) atoms. The zero-order chi connectivity index (χ0) is 13.4. The first-order chi connectivity index (χ1) is 9.22. The molecule has 1 aromatic heterocycles. The number of fused-ring (bicyclic) bond motifs is 1. The Morgan fingerprint density at radius 1 is 1.42 bits per heavy atom. The lowest BCUT2D eigenvalue weighted by Gasteiger charge is -2.16. The zero-order valence-electron chi connectivity index (χ0n) is 11.4. The van der Waals surface area contributed by atoms with Crippen molar-refractivity contribution in [3.8, 4) is 5.75 Å². The quantitative estimate of drug-likeness (QED) is 0.789. The van der Waals surface area contributed by atoms with Gasteiger partial charge in [-0.3, -0.25) is 0 Å². The molecule has 1 fully saturated rings. The van der Waals surface area contributed by atoms with Crippen molar-refractivity contribution in [2.45, 2.75) is 38.1 Å². The fourth-order valence-corrected chi connectivity index (χ4v) is 3.35. The van der Waals surface area contributed by atoms with Crippen molar-refractivity contribution in [2.24, 2.45) is 5.92 Å². The monoisotopic (exact) mass is 278 g/mol. The summed E-state index contributed by atoms with van der Waals surface area (Å²) in [6.07, 6.45) is 3.72. The van der Waals surface area contributed by atoms with Crippen molar-refractivity contribution < 1.29 is 4.74 Å². The molecule has 2 unspecified atom stereocenters. The molecule has 0 radical (unpaired) electrons. The Hall–Kier alpha value is -1.22. The molecule has 0 aliphatic heterocycles. The van der Waals surface area contributed by atoms with Crippen LogP contribution in [0.3, 0.4) is 0 Å². The third-order valence-electron chi connectivity index (χ3n) is 4.12. The molecular formula is C15H19ClN2O. The van der Waals surface area contributed by atoms with Crippen LogP contribution in [0.15, 0.2) is 18.2 Å². The second-order valence-corrected chi connectivity index (χ2v) is 5.73. The minimum Gasteiger partial charge on any atom is -0.497 e. The van der Waals surface area contributed by atoms with E-state index in [1.807, 2.05) is 12.1 Å². The highest BCUT2D eigenvalue weighted by atomic mass is 35.5.